The number of nitrogens with two attached hydrogens (primary N) is 1. The number of methoxy groups -OCH3 is 1. The Morgan fingerprint density at radius 2 is 2.20 bits per heavy atom. The second-order valence-electron chi connectivity index (χ2n) is 3.19. The molecule has 15 heavy (non-hydrogen) atoms. The van der Waals surface area contributed by atoms with Crippen molar-refractivity contribution >= 4 is 34.8 Å². The summed E-state index contributed by atoms with van der Waals surface area (Å²) in [5, 5.41) is 3.87. The highest BCUT2D eigenvalue weighted by Crippen LogP contribution is 2.27. The minimum absolute atomic E-state index is 0.0978. The molecule has 0 aliphatic heterocycles. The van der Waals surface area contributed by atoms with E-state index in [0.717, 1.165) is 0 Å². The molecule has 4 nitrogen and oxygen atoms in total. The molecule has 1 unspecified atom stereocenters. The maximum atomic E-state index is 5.94. The van der Waals surface area contributed by atoms with E-state index < -0.39 is 0 Å². The number of nitrogens with zero attached hydrogens (tertiary/aromatic N) is 1. The lowest BCUT2D eigenvalue weighted by molar-refractivity contribution is 0.190. The van der Waals surface area contributed by atoms with Crippen LogP contribution in [-0.2, 0) is 4.74 Å². The van der Waals surface area contributed by atoms with Gasteiger partial charge in [0.2, 0.25) is 0 Å². The summed E-state index contributed by atoms with van der Waals surface area (Å²) in [5.41, 5.74) is 5.57. The molecule has 0 fully saturated rings. The zero-order chi connectivity index (χ0) is 11.4. The quantitative estimate of drug-likeness (QED) is 0.861. The second kappa shape index (κ2) is 5.39. The van der Waals surface area contributed by atoms with Crippen LogP contribution in [0.2, 0.25) is 10.0 Å². The minimum atomic E-state index is 0.0978. The van der Waals surface area contributed by atoms with E-state index in [1.165, 1.54) is 0 Å². The van der Waals surface area contributed by atoms with E-state index in [-0.39, 0.29) is 11.9 Å². The summed E-state index contributed by atoms with van der Waals surface area (Å²) < 4.78 is 4.98. The molecule has 3 N–H and O–H groups in total. The maximum Gasteiger partial charge on any atom is 0.147 e. The Labute approximate surface area is 98.7 Å². The van der Waals surface area contributed by atoms with E-state index in [9.17, 15) is 0 Å². The van der Waals surface area contributed by atoms with Gasteiger partial charge in [-0.1, -0.05) is 23.2 Å². The van der Waals surface area contributed by atoms with Gasteiger partial charge in [0.1, 0.15) is 11.6 Å². The summed E-state index contributed by atoms with van der Waals surface area (Å²) in [7, 11) is 1.63. The van der Waals surface area contributed by atoms with Gasteiger partial charge in [0.15, 0.2) is 0 Å². The van der Waals surface area contributed by atoms with Crippen LogP contribution in [0.3, 0.4) is 0 Å². The zero-order valence-corrected chi connectivity index (χ0v) is 10.1. The Bertz CT molecular complexity index is 346. The van der Waals surface area contributed by atoms with Gasteiger partial charge in [-0.2, -0.15) is 0 Å². The van der Waals surface area contributed by atoms with E-state index in [0.29, 0.717) is 22.5 Å². The summed E-state index contributed by atoms with van der Waals surface area (Å²) in [6.07, 6.45) is 0. The summed E-state index contributed by atoms with van der Waals surface area (Å²) in [4.78, 5) is 4.04. The molecule has 0 saturated carbocycles. The fraction of sp³-hybridized carbons (Fsp3) is 0.444. The number of rotatable bonds is 4. The van der Waals surface area contributed by atoms with Crippen molar-refractivity contribution in [3.05, 3.63) is 16.1 Å². The van der Waals surface area contributed by atoms with E-state index in [2.05, 4.69) is 10.3 Å². The highest BCUT2D eigenvalue weighted by molar-refractivity contribution is 6.37. The van der Waals surface area contributed by atoms with Crippen LogP contribution in [0.5, 0.6) is 0 Å². The topological polar surface area (TPSA) is 60.2 Å². The monoisotopic (exact) mass is 249 g/mol. The first kappa shape index (κ1) is 12.4. The molecule has 0 amide bonds. The highest BCUT2D eigenvalue weighted by atomic mass is 35.5. The molecule has 0 aliphatic rings. The van der Waals surface area contributed by atoms with Crippen LogP contribution in [-0.4, -0.2) is 24.7 Å². The second-order valence-corrected chi connectivity index (χ2v) is 4.00. The van der Waals surface area contributed by atoms with Gasteiger partial charge in [0.05, 0.1) is 16.7 Å². The predicted octanol–water partition coefficient (Wildman–Crippen LogP) is 2.42. The Kier molecular flexibility index (Phi) is 4.45. The van der Waals surface area contributed by atoms with Crippen LogP contribution in [0.1, 0.15) is 6.92 Å². The Morgan fingerprint density at radius 1 is 1.53 bits per heavy atom. The molecule has 1 aromatic rings. The van der Waals surface area contributed by atoms with E-state index >= 15 is 0 Å². The molecule has 0 aromatic carbocycles. The number of hydrogen-bond donors (Lipinski definition) is 2. The molecular formula is C9H13Cl2N3O. The van der Waals surface area contributed by atoms with Gasteiger partial charge < -0.3 is 15.8 Å². The SMILES string of the molecule is COCC(C)Nc1nc(N)c(Cl)cc1Cl. The molecular weight excluding hydrogens is 237 g/mol. The van der Waals surface area contributed by atoms with Gasteiger partial charge >= 0.3 is 0 Å². The van der Waals surface area contributed by atoms with E-state index in [1.54, 1.807) is 13.2 Å². The lowest BCUT2D eigenvalue weighted by Gasteiger charge is -2.15. The van der Waals surface area contributed by atoms with Gasteiger partial charge in [-0.05, 0) is 13.0 Å². The number of anilines is 2. The van der Waals surface area contributed by atoms with Crippen molar-refractivity contribution in [1.82, 2.24) is 4.98 Å². The number of nitrogens with one attached hydrogen (secondary N) is 1. The molecule has 6 heteroatoms. The lowest BCUT2D eigenvalue weighted by atomic mass is 10.3. The summed E-state index contributed by atoms with van der Waals surface area (Å²) in [6, 6.07) is 1.66. The Balaban J connectivity index is 2.81. The Morgan fingerprint density at radius 3 is 2.80 bits per heavy atom. The lowest BCUT2D eigenvalue weighted by Crippen LogP contribution is -2.21. The maximum absolute atomic E-state index is 5.94. The fourth-order valence-corrected chi connectivity index (χ4v) is 1.52. The van der Waals surface area contributed by atoms with Gasteiger partial charge in [0, 0.05) is 13.2 Å². The van der Waals surface area contributed by atoms with Crippen molar-refractivity contribution < 1.29 is 4.74 Å². The van der Waals surface area contributed by atoms with Gasteiger partial charge in [-0.3, -0.25) is 0 Å². The number of hydrogen-bond acceptors (Lipinski definition) is 4. The van der Waals surface area contributed by atoms with Crippen molar-refractivity contribution in [3.8, 4) is 0 Å². The molecule has 1 heterocycles. The average Bonchev–Trinajstić information content (AvgIpc) is 2.14. The van der Waals surface area contributed by atoms with Crippen molar-refractivity contribution in [2.45, 2.75) is 13.0 Å². The predicted molar refractivity (Wildman–Crippen MR) is 63.6 cm³/mol. The number of nitrogen functional groups attached to an aromatic ring is 1. The van der Waals surface area contributed by atoms with E-state index in [1.807, 2.05) is 6.92 Å². The number of aromatic nitrogens is 1. The van der Waals surface area contributed by atoms with E-state index in [4.69, 9.17) is 33.7 Å². The van der Waals surface area contributed by atoms with Crippen LogP contribution in [0.4, 0.5) is 11.6 Å². The standard InChI is InChI=1S/C9H13Cl2N3O/c1-5(4-15-2)13-9-7(11)3-6(10)8(12)14-9/h3,5H,4H2,1-2H3,(H3,12,13,14). The molecule has 0 radical (unpaired) electrons. The zero-order valence-electron chi connectivity index (χ0n) is 8.55. The van der Waals surface area contributed by atoms with Crippen molar-refractivity contribution in [2.24, 2.45) is 0 Å². The first-order valence-corrected chi connectivity index (χ1v) is 5.17. The van der Waals surface area contributed by atoms with Gasteiger partial charge in [-0.25, -0.2) is 4.98 Å². The van der Waals surface area contributed by atoms with Crippen molar-refractivity contribution in [3.63, 3.8) is 0 Å². The van der Waals surface area contributed by atoms with Gasteiger partial charge in [-0.15, -0.1) is 0 Å². The first-order valence-electron chi connectivity index (χ1n) is 4.41. The number of pyridine rings is 1. The summed E-state index contributed by atoms with van der Waals surface area (Å²) in [5.74, 6) is 0.774. The normalized spacial score (nSPS) is 12.5. The molecule has 1 atom stereocenters. The molecule has 0 saturated heterocycles. The molecule has 1 aromatic heterocycles. The fourth-order valence-electron chi connectivity index (χ4n) is 1.11. The molecule has 0 aliphatic carbocycles. The van der Waals surface area contributed by atoms with Crippen LogP contribution in [0.15, 0.2) is 6.07 Å². The molecule has 0 spiro atoms. The third-order valence-corrected chi connectivity index (χ3v) is 2.35. The molecule has 0 bridgehead atoms. The molecule has 84 valence electrons. The van der Waals surface area contributed by atoms with Crippen molar-refractivity contribution in [2.75, 3.05) is 24.8 Å². The smallest absolute Gasteiger partial charge is 0.147 e. The highest BCUT2D eigenvalue weighted by Gasteiger charge is 2.09. The van der Waals surface area contributed by atoms with Crippen LogP contribution in [0, 0.1) is 0 Å². The largest absolute Gasteiger partial charge is 0.383 e. The first-order chi connectivity index (χ1) is 7.04. The third-order valence-electron chi connectivity index (χ3n) is 1.76. The summed E-state index contributed by atoms with van der Waals surface area (Å²) in [6.45, 7) is 2.51. The van der Waals surface area contributed by atoms with Gasteiger partial charge in [0.25, 0.3) is 0 Å². The number of halogens is 2. The van der Waals surface area contributed by atoms with Crippen LogP contribution >= 0.6 is 23.2 Å². The minimum Gasteiger partial charge on any atom is -0.383 e. The van der Waals surface area contributed by atoms with Crippen molar-refractivity contribution in [1.29, 1.82) is 0 Å². The third kappa shape index (κ3) is 3.41. The van der Waals surface area contributed by atoms with Crippen LogP contribution < -0.4 is 11.1 Å². The number of ether oxygens (including phenoxy) is 1. The Hall–Kier alpha value is -0.710. The average molecular weight is 250 g/mol. The molecule has 1 rings (SSSR count). The summed E-state index contributed by atoms with van der Waals surface area (Å²) >= 11 is 11.7. The van der Waals surface area contributed by atoms with Crippen LogP contribution in [0.25, 0.3) is 0 Å².